The number of carboxylic acids is 1. The summed E-state index contributed by atoms with van der Waals surface area (Å²) in [5.41, 5.74) is 2.17. The summed E-state index contributed by atoms with van der Waals surface area (Å²) < 4.78 is 0. The van der Waals surface area contributed by atoms with Gasteiger partial charge in [-0.3, -0.25) is 9.59 Å². The summed E-state index contributed by atoms with van der Waals surface area (Å²) in [5.74, 6) is -2.39. The first kappa shape index (κ1) is 14.2. The van der Waals surface area contributed by atoms with E-state index < -0.39 is 17.8 Å². The number of hydrogen-bond acceptors (Lipinski definition) is 2. The van der Waals surface area contributed by atoms with Gasteiger partial charge >= 0.3 is 5.97 Å². The first-order valence-corrected chi connectivity index (χ1v) is 5.98. The lowest BCUT2D eigenvalue weighted by atomic mass is 9.95. The van der Waals surface area contributed by atoms with Gasteiger partial charge in [0.05, 0.1) is 5.92 Å². The summed E-state index contributed by atoms with van der Waals surface area (Å²) in [6.45, 7) is 5.59. The highest BCUT2D eigenvalue weighted by atomic mass is 16.4. The van der Waals surface area contributed by atoms with Gasteiger partial charge in [-0.15, -0.1) is 0 Å². The lowest BCUT2D eigenvalue weighted by molar-refractivity contribution is -0.146. The van der Waals surface area contributed by atoms with Crippen LogP contribution in [0.25, 0.3) is 0 Å². The molecule has 98 valence electrons. The molecule has 4 nitrogen and oxygen atoms in total. The fourth-order valence-corrected chi connectivity index (χ4v) is 1.50. The first-order valence-electron chi connectivity index (χ1n) is 5.98. The molecule has 0 heterocycles. The fourth-order valence-electron chi connectivity index (χ4n) is 1.50. The molecular weight excluding hydrogens is 230 g/mol. The molecule has 2 N–H and O–H groups in total. The number of carbonyl (C=O) groups excluding carboxylic acids is 1. The molecule has 0 saturated carbocycles. The number of amides is 1. The molecule has 1 amide bonds. The molecule has 2 unspecified atom stereocenters. The third-order valence-electron chi connectivity index (χ3n) is 3.14. The molecule has 0 bridgehead atoms. The van der Waals surface area contributed by atoms with Crippen molar-refractivity contribution in [2.75, 3.05) is 0 Å². The summed E-state index contributed by atoms with van der Waals surface area (Å²) in [6, 6.07) is 7.84. The van der Waals surface area contributed by atoms with E-state index in [9.17, 15) is 9.59 Å². The monoisotopic (exact) mass is 249 g/mol. The number of aliphatic carboxylic acids is 1. The molecular formula is C14H19NO3. The van der Waals surface area contributed by atoms with Crippen LogP contribution in [0.5, 0.6) is 0 Å². The summed E-state index contributed by atoms with van der Waals surface area (Å²) in [6.07, 6.45) is 0. The van der Waals surface area contributed by atoms with Gasteiger partial charge in [-0.2, -0.15) is 0 Å². The van der Waals surface area contributed by atoms with Crippen molar-refractivity contribution in [1.82, 2.24) is 5.32 Å². The molecule has 0 aliphatic heterocycles. The lowest BCUT2D eigenvalue weighted by Gasteiger charge is -2.15. The summed E-state index contributed by atoms with van der Waals surface area (Å²) in [7, 11) is 0. The topological polar surface area (TPSA) is 66.4 Å². The number of benzene rings is 1. The number of nitrogens with one attached hydrogen (secondary N) is 1. The van der Waals surface area contributed by atoms with Gasteiger partial charge in [-0.1, -0.05) is 43.7 Å². The van der Waals surface area contributed by atoms with E-state index in [1.54, 1.807) is 13.8 Å². The van der Waals surface area contributed by atoms with Gasteiger partial charge in [0.1, 0.15) is 0 Å². The maximum atomic E-state index is 11.8. The highest BCUT2D eigenvalue weighted by Crippen LogP contribution is 2.11. The number of hydrogen-bond donors (Lipinski definition) is 2. The van der Waals surface area contributed by atoms with E-state index in [4.69, 9.17) is 5.11 Å². The Balaban J connectivity index is 2.50. The highest BCUT2D eigenvalue weighted by molar-refractivity contribution is 5.84. The minimum Gasteiger partial charge on any atom is -0.481 e. The predicted molar refractivity (Wildman–Crippen MR) is 69.0 cm³/mol. The van der Waals surface area contributed by atoms with Crippen LogP contribution in [-0.4, -0.2) is 17.0 Å². The highest BCUT2D eigenvalue weighted by Gasteiger charge is 2.25. The van der Waals surface area contributed by atoms with Crippen molar-refractivity contribution in [1.29, 1.82) is 0 Å². The van der Waals surface area contributed by atoms with Crippen molar-refractivity contribution in [3.8, 4) is 0 Å². The van der Waals surface area contributed by atoms with Gasteiger partial charge in [0, 0.05) is 12.5 Å². The van der Waals surface area contributed by atoms with Crippen LogP contribution in [0.15, 0.2) is 24.3 Å². The van der Waals surface area contributed by atoms with Crippen LogP contribution in [0, 0.1) is 18.8 Å². The van der Waals surface area contributed by atoms with Gasteiger partial charge < -0.3 is 10.4 Å². The number of carboxylic acid groups (broad SMARTS) is 1. The molecule has 0 spiro atoms. The molecule has 1 aromatic carbocycles. The number of rotatable bonds is 5. The third kappa shape index (κ3) is 3.87. The van der Waals surface area contributed by atoms with Gasteiger partial charge in [0.15, 0.2) is 0 Å². The number of carbonyl (C=O) groups is 2. The Kier molecular flexibility index (Phi) is 4.89. The quantitative estimate of drug-likeness (QED) is 0.838. The second-order valence-corrected chi connectivity index (χ2v) is 4.62. The van der Waals surface area contributed by atoms with E-state index in [2.05, 4.69) is 5.32 Å². The van der Waals surface area contributed by atoms with E-state index in [0.717, 1.165) is 11.1 Å². The summed E-state index contributed by atoms with van der Waals surface area (Å²) in [4.78, 5) is 22.5. The SMILES string of the molecule is Cc1ccc(CNC(=O)C(C)C(C)C(=O)O)cc1. The average molecular weight is 249 g/mol. The molecule has 0 aliphatic rings. The van der Waals surface area contributed by atoms with Crippen LogP contribution in [0.4, 0.5) is 0 Å². The molecule has 0 aromatic heterocycles. The van der Waals surface area contributed by atoms with Crippen LogP contribution in [0.1, 0.15) is 25.0 Å². The molecule has 4 heteroatoms. The van der Waals surface area contributed by atoms with Crippen molar-refractivity contribution < 1.29 is 14.7 Å². The van der Waals surface area contributed by atoms with Gasteiger partial charge in [0.25, 0.3) is 0 Å². The maximum Gasteiger partial charge on any atom is 0.307 e. The van der Waals surface area contributed by atoms with E-state index >= 15 is 0 Å². The second kappa shape index (κ2) is 6.19. The molecule has 0 fully saturated rings. The third-order valence-corrected chi connectivity index (χ3v) is 3.14. The van der Waals surface area contributed by atoms with E-state index in [0.29, 0.717) is 6.54 Å². The van der Waals surface area contributed by atoms with Crippen molar-refractivity contribution in [2.45, 2.75) is 27.3 Å². The van der Waals surface area contributed by atoms with Crippen LogP contribution in [0.3, 0.4) is 0 Å². The Hall–Kier alpha value is -1.84. The smallest absolute Gasteiger partial charge is 0.307 e. The van der Waals surface area contributed by atoms with E-state index in [1.165, 1.54) is 0 Å². The van der Waals surface area contributed by atoms with Crippen molar-refractivity contribution >= 4 is 11.9 Å². The second-order valence-electron chi connectivity index (χ2n) is 4.62. The van der Waals surface area contributed by atoms with Crippen LogP contribution in [0.2, 0.25) is 0 Å². The Morgan fingerprint density at radius 3 is 2.22 bits per heavy atom. The normalized spacial score (nSPS) is 13.7. The molecule has 2 atom stereocenters. The molecule has 0 radical (unpaired) electrons. The zero-order valence-corrected chi connectivity index (χ0v) is 10.9. The Morgan fingerprint density at radius 1 is 1.17 bits per heavy atom. The van der Waals surface area contributed by atoms with E-state index in [-0.39, 0.29) is 5.91 Å². The van der Waals surface area contributed by atoms with Crippen molar-refractivity contribution in [3.05, 3.63) is 35.4 Å². The Bertz CT molecular complexity index is 425. The van der Waals surface area contributed by atoms with Crippen molar-refractivity contribution in [3.63, 3.8) is 0 Å². The number of aryl methyl sites for hydroxylation is 1. The van der Waals surface area contributed by atoms with Gasteiger partial charge in [-0.05, 0) is 12.5 Å². The van der Waals surface area contributed by atoms with Gasteiger partial charge in [-0.25, -0.2) is 0 Å². The fraction of sp³-hybridized carbons (Fsp3) is 0.429. The zero-order chi connectivity index (χ0) is 13.7. The summed E-state index contributed by atoms with van der Waals surface area (Å²) >= 11 is 0. The van der Waals surface area contributed by atoms with Crippen LogP contribution < -0.4 is 5.32 Å². The maximum absolute atomic E-state index is 11.8. The van der Waals surface area contributed by atoms with E-state index in [1.807, 2.05) is 31.2 Å². The van der Waals surface area contributed by atoms with Crippen molar-refractivity contribution in [2.24, 2.45) is 11.8 Å². The van der Waals surface area contributed by atoms with Crippen LogP contribution >= 0.6 is 0 Å². The molecule has 18 heavy (non-hydrogen) atoms. The minimum absolute atomic E-state index is 0.231. The molecule has 1 aromatic rings. The Morgan fingerprint density at radius 2 is 1.72 bits per heavy atom. The Labute approximate surface area is 107 Å². The molecule has 1 rings (SSSR count). The summed E-state index contributed by atoms with van der Waals surface area (Å²) in [5, 5.41) is 11.6. The van der Waals surface area contributed by atoms with Gasteiger partial charge in [0.2, 0.25) is 5.91 Å². The minimum atomic E-state index is -0.951. The largest absolute Gasteiger partial charge is 0.481 e. The first-order chi connectivity index (χ1) is 8.41. The van der Waals surface area contributed by atoms with Crippen LogP contribution in [-0.2, 0) is 16.1 Å². The lowest BCUT2D eigenvalue weighted by Crippen LogP contribution is -2.34. The molecule has 0 saturated heterocycles. The standard InChI is InChI=1S/C14H19NO3/c1-9-4-6-12(7-5-9)8-15-13(16)10(2)11(3)14(17)18/h4-7,10-11H,8H2,1-3H3,(H,15,16)(H,17,18). The average Bonchev–Trinajstić information content (AvgIpc) is 2.35. The zero-order valence-electron chi connectivity index (χ0n) is 10.9. The predicted octanol–water partition coefficient (Wildman–Crippen LogP) is 1.97. The molecule has 0 aliphatic carbocycles.